The van der Waals surface area contributed by atoms with E-state index in [4.69, 9.17) is 9.72 Å². The normalized spacial score (nSPS) is 20.8. The number of aromatic nitrogens is 2. The van der Waals surface area contributed by atoms with Crippen molar-refractivity contribution in [3.63, 3.8) is 0 Å². The highest BCUT2D eigenvalue weighted by Gasteiger charge is 2.24. The summed E-state index contributed by atoms with van der Waals surface area (Å²) < 4.78 is 5.43. The fourth-order valence-electron chi connectivity index (χ4n) is 4.00. The molecule has 0 amide bonds. The van der Waals surface area contributed by atoms with Gasteiger partial charge in [-0.2, -0.15) is 4.98 Å². The molecule has 1 aromatic carbocycles. The van der Waals surface area contributed by atoms with Crippen molar-refractivity contribution in [2.75, 3.05) is 62.8 Å². The summed E-state index contributed by atoms with van der Waals surface area (Å²) in [4.78, 5) is 16.3. The first-order valence-electron chi connectivity index (χ1n) is 9.91. The van der Waals surface area contributed by atoms with Crippen molar-refractivity contribution in [3.05, 3.63) is 48.2 Å². The van der Waals surface area contributed by atoms with Crippen molar-refractivity contribution in [2.24, 2.45) is 5.92 Å². The van der Waals surface area contributed by atoms with Gasteiger partial charge in [0, 0.05) is 46.0 Å². The maximum atomic E-state index is 5.43. The number of nitrogens with zero attached hydrogens (tertiary/aromatic N) is 5. The predicted molar refractivity (Wildman–Crippen MR) is 108 cm³/mol. The van der Waals surface area contributed by atoms with Crippen LogP contribution in [0.2, 0.25) is 0 Å². The molecule has 2 aliphatic heterocycles. The molecule has 0 N–H and O–H groups in total. The average Bonchev–Trinajstić information content (AvgIpc) is 3.16. The lowest BCUT2D eigenvalue weighted by Gasteiger charge is -2.28. The summed E-state index contributed by atoms with van der Waals surface area (Å²) in [6, 6.07) is 12.8. The number of benzene rings is 1. The number of hydrogen-bond acceptors (Lipinski definition) is 6. The number of anilines is 2. The largest absolute Gasteiger partial charge is 0.378 e. The summed E-state index contributed by atoms with van der Waals surface area (Å²) in [5, 5.41) is 0. The van der Waals surface area contributed by atoms with Gasteiger partial charge in [-0.25, -0.2) is 4.98 Å². The zero-order chi connectivity index (χ0) is 18.5. The molecule has 1 unspecified atom stereocenters. The second-order valence-electron chi connectivity index (χ2n) is 7.57. The van der Waals surface area contributed by atoms with Crippen LogP contribution in [0.5, 0.6) is 0 Å². The van der Waals surface area contributed by atoms with Crippen molar-refractivity contribution in [3.8, 4) is 0 Å². The van der Waals surface area contributed by atoms with E-state index in [2.05, 4.69) is 57.1 Å². The third-order valence-corrected chi connectivity index (χ3v) is 5.46. The van der Waals surface area contributed by atoms with Gasteiger partial charge in [-0.1, -0.05) is 30.3 Å². The molecule has 2 aromatic rings. The molecule has 2 saturated heterocycles. The Morgan fingerprint density at radius 3 is 2.74 bits per heavy atom. The van der Waals surface area contributed by atoms with Crippen molar-refractivity contribution in [1.82, 2.24) is 14.9 Å². The van der Waals surface area contributed by atoms with Crippen LogP contribution in [-0.4, -0.2) is 67.9 Å². The van der Waals surface area contributed by atoms with Gasteiger partial charge in [-0.3, -0.25) is 4.90 Å². The molecular formula is C21H29N5O. The number of likely N-dealkylation sites (tertiary alicyclic amines) is 1. The van der Waals surface area contributed by atoms with E-state index in [1.807, 2.05) is 12.3 Å². The smallest absolute Gasteiger partial charge is 0.227 e. The molecule has 0 saturated carbocycles. The first-order chi connectivity index (χ1) is 13.3. The van der Waals surface area contributed by atoms with Gasteiger partial charge in [0.2, 0.25) is 5.95 Å². The predicted octanol–water partition coefficient (Wildman–Crippen LogP) is 2.27. The highest BCUT2D eigenvalue weighted by atomic mass is 16.5. The van der Waals surface area contributed by atoms with Gasteiger partial charge in [0.05, 0.1) is 13.2 Å². The van der Waals surface area contributed by atoms with Crippen LogP contribution in [0.15, 0.2) is 42.6 Å². The van der Waals surface area contributed by atoms with E-state index >= 15 is 0 Å². The van der Waals surface area contributed by atoms with Crippen LogP contribution in [0.25, 0.3) is 0 Å². The Labute approximate surface area is 161 Å². The molecule has 2 fully saturated rings. The number of ether oxygens (including phenoxy) is 1. The Kier molecular flexibility index (Phi) is 5.84. The first-order valence-corrected chi connectivity index (χ1v) is 9.91. The molecular weight excluding hydrogens is 338 g/mol. The van der Waals surface area contributed by atoms with Crippen LogP contribution >= 0.6 is 0 Å². The second-order valence-corrected chi connectivity index (χ2v) is 7.57. The van der Waals surface area contributed by atoms with Crippen LogP contribution in [0, 0.1) is 5.92 Å². The topological polar surface area (TPSA) is 44.7 Å². The van der Waals surface area contributed by atoms with Gasteiger partial charge >= 0.3 is 0 Å². The van der Waals surface area contributed by atoms with E-state index in [-0.39, 0.29) is 0 Å². The van der Waals surface area contributed by atoms with Crippen LogP contribution in [0.4, 0.5) is 11.8 Å². The molecule has 2 aliphatic rings. The third kappa shape index (κ3) is 4.76. The minimum atomic E-state index is 0.681. The van der Waals surface area contributed by atoms with Gasteiger partial charge in [0.1, 0.15) is 5.82 Å². The summed E-state index contributed by atoms with van der Waals surface area (Å²) >= 11 is 0. The lowest BCUT2D eigenvalue weighted by atomic mass is 10.1. The highest BCUT2D eigenvalue weighted by molar-refractivity contribution is 5.43. The van der Waals surface area contributed by atoms with Gasteiger partial charge < -0.3 is 14.5 Å². The van der Waals surface area contributed by atoms with E-state index in [9.17, 15) is 0 Å². The van der Waals surface area contributed by atoms with E-state index in [1.165, 1.54) is 18.5 Å². The molecule has 0 radical (unpaired) electrons. The minimum Gasteiger partial charge on any atom is -0.378 e. The molecule has 1 aromatic heterocycles. The van der Waals surface area contributed by atoms with Crippen LogP contribution in [0.3, 0.4) is 0 Å². The average molecular weight is 367 g/mol. The van der Waals surface area contributed by atoms with Gasteiger partial charge in [-0.05, 0) is 30.5 Å². The van der Waals surface area contributed by atoms with E-state index in [0.29, 0.717) is 5.92 Å². The van der Waals surface area contributed by atoms with E-state index in [1.54, 1.807) is 0 Å². The Bertz CT molecular complexity index is 720. The summed E-state index contributed by atoms with van der Waals surface area (Å²) in [6.07, 6.45) is 3.12. The zero-order valence-electron chi connectivity index (χ0n) is 16.1. The molecule has 0 bridgehead atoms. The molecule has 144 valence electrons. The van der Waals surface area contributed by atoms with Crippen molar-refractivity contribution in [2.45, 2.75) is 13.0 Å². The van der Waals surface area contributed by atoms with Crippen LogP contribution in [-0.2, 0) is 11.3 Å². The zero-order valence-corrected chi connectivity index (χ0v) is 16.1. The van der Waals surface area contributed by atoms with E-state index < -0.39 is 0 Å². The summed E-state index contributed by atoms with van der Waals surface area (Å²) in [6.45, 7) is 7.65. The number of hydrogen-bond donors (Lipinski definition) is 0. The molecule has 0 spiro atoms. The molecule has 27 heavy (non-hydrogen) atoms. The Hall–Kier alpha value is -2.18. The second kappa shape index (κ2) is 8.67. The summed E-state index contributed by atoms with van der Waals surface area (Å²) in [7, 11) is 2.14. The molecule has 4 rings (SSSR count). The lowest BCUT2D eigenvalue weighted by Crippen LogP contribution is -2.37. The SMILES string of the molecule is CN(CC1CCN(Cc2ccccc2)C1)c1ccnc(N2CCOCC2)n1. The lowest BCUT2D eigenvalue weighted by molar-refractivity contribution is 0.122. The molecule has 6 heteroatoms. The van der Waals surface area contributed by atoms with Crippen molar-refractivity contribution in [1.29, 1.82) is 0 Å². The summed E-state index contributed by atoms with van der Waals surface area (Å²) in [5.41, 5.74) is 1.40. The number of morpholine rings is 1. The Balaban J connectivity index is 1.32. The third-order valence-electron chi connectivity index (χ3n) is 5.46. The molecule has 1 atom stereocenters. The van der Waals surface area contributed by atoms with Crippen LogP contribution < -0.4 is 9.80 Å². The maximum absolute atomic E-state index is 5.43. The van der Waals surface area contributed by atoms with Gasteiger partial charge in [0.15, 0.2) is 0 Å². The standard InChI is InChI=1S/C21H29N5O/c1-24(20-7-9-22-21(23-20)26-11-13-27-14-12-26)15-19-8-10-25(17-19)16-18-5-3-2-4-6-18/h2-7,9,19H,8,10-17H2,1H3. The maximum Gasteiger partial charge on any atom is 0.227 e. The quantitative estimate of drug-likeness (QED) is 0.780. The first kappa shape index (κ1) is 18.2. The van der Waals surface area contributed by atoms with E-state index in [0.717, 1.165) is 57.7 Å². The molecule has 6 nitrogen and oxygen atoms in total. The van der Waals surface area contributed by atoms with Crippen molar-refractivity contribution >= 4 is 11.8 Å². The van der Waals surface area contributed by atoms with Gasteiger partial charge in [0.25, 0.3) is 0 Å². The monoisotopic (exact) mass is 367 g/mol. The summed E-state index contributed by atoms with van der Waals surface area (Å²) in [5.74, 6) is 2.51. The molecule has 3 heterocycles. The highest BCUT2D eigenvalue weighted by Crippen LogP contribution is 2.22. The van der Waals surface area contributed by atoms with Crippen molar-refractivity contribution < 1.29 is 4.74 Å². The molecule has 0 aliphatic carbocycles. The Morgan fingerprint density at radius 1 is 1.11 bits per heavy atom. The Morgan fingerprint density at radius 2 is 1.93 bits per heavy atom. The fourth-order valence-corrected chi connectivity index (χ4v) is 4.00. The van der Waals surface area contributed by atoms with Crippen LogP contribution in [0.1, 0.15) is 12.0 Å². The minimum absolute atomic E-state index is 0.681. The van der Waals surface area contributed by atoms with Gasteiger partial charge in [-0.15, -0.1) is 0 Å². The number of rotatable bonds is 6. The fraction of sp³-hybridized carbons (Fsp3) is 0.524.